The molecule has 0 saturated heterocycles. The fourth-order valence-corrected chi connectivity index (χ4v) is 5.28. The fraction of sp³-hybridized carbons (Fsp3) is 0.114. The summed E-state index contributed by atoms with van der Waals surface area (Å²) in [6, 6.07) is 34.1. The van der Waals surface area contributed by atoms with Crippen LogP contribution in [0.1, 0.15) is 43.8 Å². The van der Waals surface area contributed by atoms with Gasteiger partial charge >= 0.3 is 5.97 Å². The topological polar surface area (TPSA) is 63.7 Å². The van der Waals surface area contributed by atoms with E-state index in [9.17, 15) is 14.4 Å². The monoisotopic (exact) mass is 525 g/mol. The molecule has 0 radical (unpaired) electrons. The largest absolute Gasteiger partial charge is 0.333 e. The van der Waals surface area contributed by atoms with Gasteiger partial charge in [0.1, 0.15) is 0 Å². The van der Waals surface area contributed by atoms with Gasteiger partial charge in [-0.15, -0.1) is 0 Å². The summed E-state index contributed by atoms with van der Waals surface area (Å²) in [5, 5.41) is 8.77. The molecule has 40 heavy (non-hydrogen) atoms. The SMILES string of the molecule is Cc1ccc(CCC(=O)ON2C(=O)c3ccccc3C2=O)cc1.Cc1ccc2ccc3cccc4ccc1c2c34. The lowest BCUT2D eigenvalue weighted by Crippen LogP contribution is -2.32. The molecule has 0 atom stereocenters. The van der Waals surface area contributed by atoms with Gasteiger partial charge in [0.25, 0.3) is 11.8 Å². The molecule has 1 heterocycles. The lowest BCUT2D eigenvalue weighted by atomic mass is 9.92. The van der Waals surface area contributed by atoms with Crippen molar-refractivity contribution in [1.82, 2.24) is 5.06 Å². The summed E-state index contributed by atoms with van der Waals surface area (Å²) in [5.74, 6) is -1.82. The van der Waals surface area contributed by atoms with E-state index in [0.29, 0.717) is 11.5 Å². The Morgan fingerprint density at radius 1 is 0.650 bits per heavy atom. The minimum atomic E-state index is -0.611. The molecular formula is C35H27NO4. The van der Waals surface area contributed by atoms with E-state index in [-0.39, 0.29) is 17.5 Å². The van der Waals surface area contributed by atoms with E-state index in [1.807, 2.05) is 31.2 Å². The third kappa shape index (κ3) is 4.56. The van der Waals surface area contributed by atoms with Crippen molar-refractivity contribution >= 4 is 50.1 Å². The van der Waals surface area contributed by atoms with Crippen LogP contribution in [0, 0.1) is 13.8 Å². The molecule has 0 saturated carbocycles. The molecule has 0 unspecified atom stereocenters. The van der Waals surface area contributed by atoms with Gasteiger partial charge in [0.05, 0.1) is 17.5 Å². The molecule has 7 rings (SSSR count). The number of hydrogen-bond acceptors (Lipinski definition) is 4. The number of carbonyl (C=O) groups is 3. The Balaban J connectivity index is 0.000000150. The molecule has 1 aliphatic rings. The van der Waals surface area contributed by atoms with E-state index in [2.05, 4.69) is 61.5 Å². The summed E-state index contributed by atoms with van der Waals surface area (Å²) < 4.78 is 0. The van der Waals surface area contributed by atoms with Crippen LogP contribution in [0.4, 0.5) is 0 Å². The standard InChI is InChI=1S/C18H15NO4.C17H12/c1-12-6-8-13(9-7-12)10-11-16(20)23-19-17(21)14-4-2-3-5-15(14)18(19)22;1-11-5-6-14-8-7-12-3-2-4-13-9-10-15(11)17(14)16(12)13/h2-9H,10-11H2,1H3;2-10H,1H3. The second-order valence-electron chi connectivity index (χ2n) is 10.1. The minimum absolute atomic E-state index is 0.0937. The number of fused-ring (bicyclic) bond motifs is 1. The van der Waals surface area contributed by atoms with Crippen LogP contribution in [-0.4, -0.2) is 22.8 Å². The van der Waals surface area contributed by atoms with Gasteiger partial charge in [-0.25, -0.2) is 4.79 Å². The number of rotatable bonds is 4. The molecule has 0 fully saturated rings. The van der Waals surface area contributed by atoms with Crippen molar-refractivity contribution < 1.29 is 19.2 Å². The highest BCUT2D eigenvalue weighted by Crippen LogP contribution is 2.35. The average molecular weight is 526 g/mol. The van der Waals surface area contributed by atoms with E-state index < -0.39 is 17.8 Å². The van der Waals surface area contributed by atoms with Gasteiger partial charge in [0.2, 0.25) is 0 Å². The van der Waals surface area contributed by atoms with E-state index in [1.54, 1.807) is 12.1 Å². The molecule has 6 aromatic rings. The first kappa shape index (κ1) is 25.3. The van der Waals surface area contributed by atoms with E-state index in [0.717, 1.165) is 11.1 Å². The van der Waals surface area contributed by atoms with Crippen molar-refractivity contribution in [2.75, 3.05) is 0 Å². The molecule has 0 bridgehead atoms. The number of aryl methyl sites for hydroxylation is 3. The van der Waals surface area contributed by atoms with Gasteiger partial charge in [-0.2, -0.15) is 0 Å². The van der Waals surface area contributed by atoms with Gasteiger partial charge in [-0.3, -0.25) is 9.59 Å². The van der Waals surface area contributed by atoms with Crippen molar-refractivity contribution in [3.05, 3.63) is 131 Å². The van der Waals surface area contributed by atoms with Crippen LogP contribution < -0.4 is 0 Å². The molecule has 0 spiro atoms. The van der Waals surface area contributed by atoms with Crippen LogP contribution in [0.2, 0.25) is 0 Å². The molecule has 1 aliphatic heterocycles. The second-order valence-corrected chi connectivity index (χ2v) is 10.1. The first-order chi connectivity index (χ1) is 19.4. The van der Waals surface area contributed by atoms with Crippen LogP contribution in [0.15, 0.2) is 103 Å². The van der Waals surface area contributed by atoms with E-state index >= 15 is 0 Å². The summed E-state index contributed by atoms with van der Waals surface area (Å²) in [5.41, 5.74) is 4.00. The highest BCUT2D eigenvalue weighted by atomic mass is 16.7. The first-order valence-electron chi connectivity index (χ1n) is 13.3. The summed E-state index contributed by atoms with van der Waals surface area (Å²) in [4.78, 5) is 41.0. The molecule has 5 nitrogen and oxygen atoms in total. The maximum Gasteiger partial charge on any atom is 0.333 e. The van der Waals surface area contributed by atoms with Gasteiger partial charge < -0.3 is 4.84 Å². The van der Waals surface area contributed by atoms with Crippen LogP contribution >= 0.6 is 0 Å². The number of nitrogens with zero attached hydrogens (tertiary/aromatic N) is 1. The third-order valence-electron chi connectivity index (χ3n) is 7.43. The predicted octanol–water partition coefficient (Wildman–Crippen LogP) is 7.57. The summed E-state index contributed by atoms with van der Waals surface area (Å²) in [6.07, 6.45) is 0.582. The quantitative estimate of drug-likeness (QED) is 0.176. The zero-order chi connectivity index (χ0) is 27.8. The number of hydroxylamine groups is 2. The predicted molar refractivity (Wildman–Crippen MR) is 157 cm³/mol. The lowest BCUT2D eigenvalue weighted by Gasteiger charge is -2.12. The Labute approximate surface area is 231 Å². The van der Waals surface area contributed by atoms with E-state index in [1.165, 1.54) is 50.0 Å². The molecular weight excluding hydrogens is 498 g/mol. The fourth-order valence-electron chi connectivity index (χ4n) is 5.28. The molecule has 5 heteroatoms. The molecule has 0 aromatic heterocycles. The normalized spacial score (nSPS) is 12.6. The van der Waals surface area contributed by atoms with Crippen LogP contribution in [0.3, 0.4) is 0 Å². The highest BCUT2D eigenvalue weighted by Gasteiger charge is 2.38. The van der Waals surface area contributed by atoms with Crippen LogP contribution in [0.25, 0.3) is 32.3 Å². The van der Waals surface area contributed by atoms with Crippen LogP contribution in [-0.2, 0) is 16.1 Å². The van der Waals surface area contributed by atoms with Crippen molar-refractivity contribution in [2.45, 2.75) is 26.7 Å². The second kappa shape index (κ2) is 10.3. The highest BCUT2D eigenvalue weighted by molar-refractivity contribution is 6.23. The van der Waals surface area contributed by atoms with E-state index in [4.69, 9.17) is 4.84 Å². The number of benzene rings is 6. The molecule has 0 aliphatic carbocycles. The molecule has 2 amide bonds. The summed E-state index contributed by atoms with van der Waals surface area (Å²) in [7, 11) is 0. The smallest absolute Gasteiger partial charge is 0.330 e. The van der Waals surface area contributed by atoms with Crippen molar-refractivity contribution in [3.8, 4) is 0 Å². The van der Waals surface area contributed by atoms with Gasteiger partial charge in [-0.1, -0.05) is 102 Å². The Bertz CT molecular complexity index is 1850. The minimum Gasteiger partial charge on any atom is -0.330 e. The maximum absolute atomic E-state index is 12.1. The van der Waals surface area contributed by atoms with Crippen LogP contribution in [0.5, 0.6) is 0 Å². The Morgan fingerprint density at radius 3 is 1.88 bits per heavy atom. The van der Waals surface area contributed by atoms with Crippen molar-refractivity contribution in [3.63, 3.8) is 0 Å². The molecule has 0 N–H and O–H groups in total. The Kier molecular flexibility index (Phi) is 6.48. The van der Waals surface area contributed by atoms with Gasteiger partial charge in [0.15, 0.2) is 0 Å². The Hall–Kier alpha value is -5.03. The van der Waals surface area contributed by atoms with Crippen molar-refractivity contribution in [1.29, 1.82) is 0 Å². The summed E-state index contributed by atoms with van der Waals surface area (Å²) in [6.45, 7) is 4.17. The number of imide groups is 1. The third-order valence-corrected chi connectivity index (χ3v) is 7.43. The number of hydrogen-bond donors (Lipinski definition) is 0. The lowest BCUT2D eigenvalue weighted by molar-refractivity contribution is -0.168. The molecule has 6 aromatic carbocycles. The number of carbonyl (C=O) groups excluding carboxylic acids is 3. The first-order valence-corrected chi connectivity index (χ1v) is 13.3. The Morgan fingerprint density at radius 2 is 1.23 bits per heavy atom. The van der Waals surface area contributed by atoms with Gasteiger partial charge in [0, 0.05) is 0 Å². The maximum atomic E-state index is 12.1. The van der Waals surface area contributed by atoms with Gasteiger partial charge in [-0.05, 0) is 75.8 Å². The summed E-state index contributed by atoms with van der Waals surface area (Å²) >= 11 is 0. The zero-order valence-electron chi connectivity index (χ0n) is 22.3. The number of amides is 2. The van der Waals surface area contributed by atoms with Crippen molar-refractivity contribution in [2.24, 2.45) is 0 Å². The molecule has 196 valence electrons. The zero-order valence-corrected chi connectivity index (χ0v) is 22.3. The average Bonchev–Trinajstić information content (AvgIpc) is 3.22.